The molecule has 0 fully saturated rings. The molecule has 0 aliphatic carbocycles. The lowest BCUT2D eigenvalue weighted by Gasteiger charge is -2.09. The van der Waals surface area contributed by atoms with Crippen molar-refractivity contribution < 1.29 is 23.8 Å². The van der Waals surface area contributed by atoms with Gasteiger partial charge in [0.25, 0.3) is 0 Å². The Hall–Kier alpha value is -3.39. The van der Waals surface area contributed by atoms with Crippen molar-refractivity contribution in [1.29, 1.82) is 0 Å². The molecule has 0 bridgehead atoms. The van der Waals surface area contributed by atoms with E-state index in [1.807, 2.05) is 0 Å². The lowest BCUT2D eigenvalue weighted by Crippen LogP contribution is -2.32. The zero-order chi connectivity index (χ0) is 22.8. The van der Waals surface area contributed by atoms with Crippen LogP contribution in [0.5, 0.6) is 5.75 Å². The molecule has 0 aliphatic rings. The Morgan fingerprint density at radius 1 is 1.06 bits per heavy atom. The van der Waals surface area contributed by atoms with Crippen LogP contribution in [-0.2, 0) is 11.2 Å². The molecule has 0 aliphatic heterocycles. The average molecular weight is 471 g/mol. The molecule has 0 saturated carbocycles. The fraction of sp³-hybridized carbons (Fsp3) is 0.0870. The van der Waals surface area contributed by atoms with Gasteiger partial charge in [0.1, 0.15) is 17.3 Å². The van der Waals surface area contributed by atoms with Gasteiger partial charge >= 0.3 is 11.9 Å². The first-order valence-corrected chi connectivity index (χ1v) is 10.2. The summed E-state index contributed by atoms with van der Waals surface area (Å²) in [5, 5.41) is 9.86. The molecular formula is C23H16Cl2N2O5. The van der Waals surface area contributed by atoms with Crippen LogP contribution in [0.1, 0.15) is 15.9 Å². The molecule has 1 aromatic heterocycles. The number of fused-ring (bicyclic) bond motifs is 1. The molecule has 9 heteroatoms. The monoisotopic (exact) mass is 470 g/mol. The zero-order valence-corrected chi connectivity index (χ0v) is 17.9. The largest absolute Gasteiger partial charge is 0.480 e. The summed E-state index contributed by atoms with van der Waals surface area (Å²) in [5.41, 5.74) is 8.03. The molecule has 0 radical (unpaired) electrons. The molecule has 32 heavy (non-hydrogen) atoms. The van der Waals surface area contributed by atoms with Crippen molar-refractivity contribution in [3.8, 4) is 17.2 Å². The Bertz CT molecular complexity index is 1310. The first-order valence-electron chi connectivity index (χ1n) is 9.45. The van der Waals surface area contributed by atoms with Crippen molar-refractivity contribution >= 4 is 46.2 Å². The number of nitrogens with two attached hydrogens (primary N) is 1. The SMILES string of the molecule is N[C@@H](Cc1cccc(OC(=O)c2ccc3nc(-c4cc(Cl)cc(Cl)c4)oc3c2)c1)C(=O)O. The topological polar surface area (TPSA) is 116 Å². The summed E-state index contributed by atoms with van der Waals surface area (Å²) < 4.78 is 11.2. The molecule has 1 atom stereocenters. The summed E-state index contributed by atoms with van der Waals surface area (Å²) in [6.07, 6.45) is 0.112. The maximum absolute atomic E-state index is 12.6. The van der Waals surface area contributed by atoms with E-state index < -0.39 is 18.0 Å². The number of benzene rings is 3. The van der Waals surface area contributed by atoms with Crippen LogP contribution in [-0.4, -0.2) is 28.1 Å². The summed E-state index contributed by atoms with van der Waals surface area (Å²) in [6, 6.07) is 15.2. The Labute approximate surface area is 192 Å². The van der Waals surface area contributed by atoms with E-state index in [1.165, 1.54) is 6.07 Å². The number of carboxylic acid groups (broad SMARTS) is 1. The molecule has 0 amide bonds. The normalized spacial score (nSPS) is 12.0. The number of carboxylic acids is 1. The van der Waals surface area contributed by atoms with Gasteiger partial charge in [-0.1, -0.05) is 35.3 Å². The van der Waals surface area contributed by atoms with Gasteiger partial charge in [-0.3, -0.25) is 4.79 Å². The molecule has 3 N–H and O–H groups in total. The fourth-order valence-electron chi connectivity index (χ4n) is 3.10. The van der Waals surface area contributed by atoms with Crippen LogP contribution in [0.2, 0.25) is 10.0 Å². The predicted molar refractivity (Wildman–Crippen MR) is 120 cm³/mol. The van der Waals surface area contributed by atoms with Gasteiger partial charge in [0.05, 0.1) is 5.56 Å². The summed E-state index contributed by atoms with van der Waals surface area (Å²) in [4.78, 5) is 28.0. The summed E-state index contributed by atoms with van der Waals surface area (Å²) in [6.45, 7) is 0. The molecule has 4 aromatic rings. The van der Waals surface area contributed by atoms with Crippen LogP contribution >= 0.6 is 23.2 Å². The molecule has 0 saturated heterocycles. The first-order chi connectivity index (χ1) is 15.3. The van der Waals surface area contributed by atoms with Gasteiger partial charge in [-0.15, -0.1) is 0 Å². The molecule has 7 nitrogen and oxygen atoms in total. The minimum atomic E-state index is -1.10. The van der Waals surface area contributed by atoms with E-state index in [4.69, 9.17) is 43.2 Å². The number of esters is 1. The highest BCUT2D eigenvalue weighted by Crippen LogP contribution is 2.30. The van der Waals surface area contributed by atoms with Gasteiger partial charge in [0.15, 0.2) is 5.58 Å². The molecule has 4 rings (SSSR count). The number of nitrogens with zero attached hydrogens (tertiary/aromatic N) is 1. The van der Waals surface area contributed by atoms with Crippen molar-refractivity contribution in [2.75, 3.05) is 0 Å². The van der Waals surface area contributed by atoms with Crippen LogP contribution in [0.3, 0.4) is 0 Å². The van der Waals surface area contributed by atoms with Crippen molar-refractivity contribution in [1.82, 2.24) is 4.98 Å². The van der Waals surface area contributed by atoms with Gasteiger partial charge in [0.2, 0.25) is 5.89 Å². The second kappa shape index (κ2) is 9.00. The molecular weight excluding hydrogens is 455 g/mol. The number of halogens is 2. The number of rotatable bonds is 6. The number of aliphatic carboxylic acids is 1. The maximum Gasteiger partial charge on any atom is 0.343 e. The Kier molecular flexibility index (Phi) is 6.14. The smallest absolute Gasteiger partial charge is 0.343 e. The van der Waals surface area contributed by atoms with Gasteiger partial charge in [0, 0.05) is 15.6 Å². The number of hydrogen-bond acceptors (Lipinski definition) is 6. The van der Waals surface area contributed by atoms with E-state index in [0.717, 1.165) is 0 Å². The number of carbonyl (C=O) groups excluding carboxylic acids is 1. The second-order valence-electron chi connectivity index (χ2n) is 7.05. The van der Waals surface area contributed by atoms with Crippen LogP contribution in [0, 0.1) is 0 Å². The van der Waals surface area contributed by atoms with E-state index in [0.29, 0.717) is 38.2 Å². The van der Waals surface area contributed by atoms with E-state index in [-0.39, 0.29) is 17.7 Å². The summed E-state index contributed by atoms with van der Waals surface area (Å²) in [5.74, 6) is -1.11. The number of aromatic nitrogens is 1. The lowest BCUT2D eigenvalue weighted by atomic mass is 10.1. The number of oxazole rings is 1. The summed E-state index contributed by atoms with van der Waals surface area (Å²) in [7, 11) is 0. The maximum atomic E-state index is 12.6. The number of carbonyl (C=O) groups is 2. The van der Waals surface area contributed by atoms with Crippen molar-refractivity contribution in [2.45, 2.75) is 12.5 Å². The Morgan fingerprint density at radius 3 is 2.53 bits per heavy atom. The minimum Gasteiger partial charge on any atom is -0.480 e. The fourth-order valence-corrected chi connectivity index (χ4v) is 3.62. The van der Waals surface area contributed by atoms with Crippen LogP contribution < -0.4 is 10.5 Å². The molecule has 3 aromatic carbocycles. The first kappa shape index (κ1) is 21.8. The van der Waals surface area contributed by atoms with Crippen molar-refractivity contribution in [3.63, 3.8) is 0 Å². The van der Waals surface area contributed by atoms with E-state index >= 15 is 0 Å². The highest BCUT2D eigenvalue weighted by atomic mass is 35.5. The standard InChI is InChI=1S/C23H16Cl2N2O5/c24-15-8-14(9-16(25)11-15)21-27-19-5-4-13(10-20(19)32-21)23(30)31-17-3-1-2-12(6-17)7-18(26)22(28)29/h1-6,8-11,18H,7,26H2,(H,28,29)/t18-/m0/s1. The Morgan fingerprint density at radius 2 is 1.81 bits per heavy atom. The van der Waals surface area contributed by atoms with Crippen LogP contribution in [0.25, 0.3) is 22.6 Å². The second-order valence-corrected chi connectivity index (χ2v) is 7.92. The number of ether oxygens (including phenoxy) is 1. The van der Waals surface area contributed by atoms with Gasteiger partial charge < -0.3 is 20.0 Å². The van der Waals surface area contributed by atoms with Crippen LogP contribution in [0.15, 0.2) is 65.1 Å². The molecule has 0 unspecified atom stereocenters. The molecule has 0 spiro atoms. The van der Waals surface area contributed by atoms with E-state index in [2.05, 4.69) is 4.98 Å². The third kappa shape index (κ3) is 4.91. The van der Waals surface area contributed by atoms with Gasteiger partial charge in [-0.05, 0) is 60.5 Å². The molecule has 1 heterocycles. The quantitative estimate of drug-likeness (QED) is 0.301. The third-order valence-electron chi connectivity index (χ3n) is 4.62. The highest BCUT2D eigenvalue weighted by molar-refractivity contribution is 6.35. The van der Waals surface area contributed by atoms with Crippen LogP contribution in [0.4, 0.5) is 0 Å². The van der Waals surface area contributed by atoms with E-state index in [9.17, 15) is 9.59 Å². The summed E-state index contributed by atoms with van der Waals surface area (Å²) >= 11 is 12.1. The van der Waals surface area contributed by atoms with Gasteiger partial charge in [-0.2, -0.15) is 0 Å². The third-order valence-corrected chi connectivity index (χ3v) is 5.05. The zero-order valence-electron chi connectivity index (χ0n) is 16.4. The van der Waals surface area contributed by atoms with Crippen molar-refractivity contribution in [2.24, 2.45) is 5.73 Å². The molecule has 162 valence electrons. The van der Waals surface area contributed by atoms with E-state index in [1.54, 1.807) is 54.6 Å². The Balaban J connectivity index is 1.55. The minimum absolute atomic E-state index is 0.112. The lowest BCUT2D eigenvalue weighted by molar-refractivity contribution is -0.138. The van der Waals surface area contributed by atoms with Gasteiger partial charge in [-0.25, -0.2) is 9.78 Å². The van der Waals surface area contributed by atoms with Crippen molar-refractivity contribution in [3.05, 3.63) is 81.8 Å². The average Bonchev–Trinajstić information content (AvgIpc) is 3.16. The number of hydrogen-bond donors (Lipinski definition) is 2. The predicted octanol–water partition coefficient (Wildman–Crippen LogP) is 4.98. The highest BCUT2D eigenvalue weighted by Gasteiger charge is 2.16.